The molecule has 12 heavy (non-hydrogen) atoms. The molecule has 0 aliphatic rings. The minimum absolute atomic E-state index is 0. The van der Waals surface area contributed by atoms with Gasteiger partial charge in [0.05, 0.1) is 12.7 Å². The van der Waals surface area contributed by atoms with Crippen molar-refractivity contribution in [2.24, 2.45) is 0 Å². The average Bonchev–Trinajstić information content (AvgIpc) is 2.02. The van der Waals surface area contributed by atoms with Crippen LogP contribution in [0, 0.1) is 0 Å². The summed E-state index contributed by atoms with van der Waals surface area (Å²) in [6.45, 7) is -0.572. The Balaban J connectivity index is 0. The van der Waals surface area contributed by atoms with Crippen molar-refractivity contribution in [1.82, 2.24) is 0 Å². The smallest absolute Gasteiger partial charge is 0.873 e. The topological polar surface area (TPSA) is 101 Å². The van der Waals surface area contributed by atoms with Crippen LogP contribution in [0.3, 0.4) is 0 Å². The largest absolute Gasteiger partial charge is 1.00 e. The SMILES string of the molecule is O=C/C(O)=C(/[O-])CC(O)CO.[Na+]. The van der Waals surface area contributed by atoms with Gasteiger partial charge in [0, 0.05) is 0 Å². The molecule has 3 N–H and O–H groups in total. The fourth-order valence-electron chi connectivity index (χ4n) is 0.449. The van der Waals surface area contributed by atoms with Gasteiger partial charge >= 0.3 is 29.6 Å². The Kier molecular flexibility index (Phi) is 9.12. The van der Waals surface area contributed by atoms with Gasteiger partial charge in [-0.15, -0.1) is 0 Å². The molecule has 0 aromatic rings. The normalized spacial score (nSPS) is 14.2. The van der Waals surface area contributed by atoms with Crippen LogP contribution < -0.4 is 34.7 Å². The van der Waals surface area contributed by atoms with E-state index in [1.807, 2.05) is 0 Å². The van der Waals surface area contributed by atoms with E-state index in [4.69, 9.17) is 15.3 Å². The number of hydrogen-bond donors (Lipinski definition) is 3. The number of rotatable bonds is 4. The van der Waals surface area contributed by atoms with E-state index < -0.39 is 30.6 Å². The Morgan fingerprint density at radius 2 is 2.08 bits per heavy atom. The molecule has 0 aromatic heterocycles. The summed E-state index contributed by atoms with van der Waals surface area (Å²) in [4.78, 5) is 9.76. The predicted molar refractivity (Wildman–Crippen MR) is 33.4 cm³/mol. The van der Waals surface area contributed by atoms with Gasteiger partial charge in [-0.25, -0.2) is 0 Å². The van der Waals surface area contributed by atoms with E-state index in [9.17, 15) is 9.90 Å². The fraction of sp³-hybridized carbons (Fsp3) is 0.500. The van der Waals surface area contributed by atoms with Crippen molar-refractivity contribution in [2.75, 3.05) is 6.61 Å². The molecule has 5 nitrogen and oxygen atoms in total. The summed E-state index contributed by atoms with van der Waals surface area (Å²) in [7, 11) is 0. The summed E-state index contributed by atoms with van der Waals surface area (Å²) in [5.41, 5.74) is 0. The van der Waals surface area contributed by atoms with Gasteiger partial charge in [0.2, 0.25) is 0 Å². The van der Waals surface area contributed by atoms with Crippen molar-refractivity contribution in [3.8, 4) is 0 Å². The summed E-state index contributed by atoms with van der Waals surface area (Å²) in [5, 5.41) is 35.9. The second kappa shape index (κ2) is 7.57. The van der Waals surface area contributed by atoms with Gasteiger partial charge in [-0.3, -0.25) is 4.79 Å². The van der Waals surface area contributed by atoms with Crippen LogP contribution in [-0.4, -0.2) is 34.3 Å². The van der Waals surface area contributed by atoms with Crippen LogP contribution in [-0.2, 0) is 4.79 Å². The molecule has 0 amide bonds. The summed E-state index contributed by atoms with van der Waals surface area (Å²) in [6.07, 6.45) is -1.67. The van der Waals surface area contributed by atoms with Gasteiger partial charge in [-0.05, 0) is 6.42 Å². The van der Waals surface area contributed by atoms with Crippen LogP contribution in [0.2, 0.25) is 0 Å². The van der Waals surface area contributed by atoms with Crippen LogP contribution in [0.1, 0.15) is 6.42 Å². The Bertz CT molecular complexity index is 167. The molecule has 0 aliphatic heterocycles. The van der Waals surface area contributed by atoms with E-state index in [0.29, 0.717) is 0 Å². The third kappa shape index (κ3) is 5.56. The maximum absolute atomic E-state index is 10.6. The van der Waals surface area contributed by atoms with Crippen molar-refractivity contribution >= 4 is 6.29 Å². The average molecular weight is 184 g/mol. The first-order valence-electron chi connectivity index (χ1n) is 2.95. The fourth-order valence-corrected chi connectivity index (χ4v) is 0.449. The van der Waals surface area contributed by atoms with Crippen LogP contribution in [0.15, 0.2) is 11.5 Å². The van der Waals surface area contributed by atoms with Gasteiger partial charge in [0.1, 0.15) is 5.76 Å². The molecule has 0 spiro atoms. The van der Waals surface area contributed by atoms with Crippen molar-refractivity contribution in [3.05, 3.63) is 11.5 Å². The van der Waals surface area contributed by atoms with Crippen LogP contribution >= 0.6 is 0 Å². The molecular formula is C6H9NaO5. The van der Waals surface area contributed by atoms with Gasteiger partial charge in [-0.2, -0.15) is 0 Å². The quantitative estimate of drug-likeness (QED) is 0.176. The van der Waals surface area contributed by atoms with Gasteiger partial charge in [-0.1, -0.05) is 5.76 Å². The summed E-state index contributed by atoms with van der Waals surface area (Å²) >= 11 is 0. The van der Waals surface area contributed by atoms with E-state index in [-0.39, 0.29) is 35.8 Å². The number of hydrogen-bond acceptors (Lipinski definition) is 5. The standard InChI is InChI=1S/C6H10O5.Na/c7-2-4(9)1-5(10)6(11)3-8;/h3-4,7,9-11H,1-2H2;/q;+1/p-1/b6-5-;. The van der Waals surface area contributed by atoms with Gasteiger partial charge < -0.3 is 20.4 Å². The van der Waals surface area contributed by atoms with E-state index >= 15 is 0 Å². The molecular weight excluding hydrogens is 175 g/mol. The third-order valence-corrected chi connectivity index (χ3v) is 1.03. The Morgan fingerprint density at radius 3 is 2.42 bits per heavy atom. The molecule has 0 aliphatic carbocycles. The number of aliphatic hydroxyl groups excluding tert-OH is 3. The Morgan fingerprint density at radius 1 is 1.58 bits per heavy atom. The molecule has 1 unspecified atom stereocenters. The molecule has 0 saturated carbocycles. The van der Waals surface area contributed by atoms with E-state index in [2.05, 4.69) is 0 Å². The summed E-state index contributed by atoms with van der Waals surface area (Å²) in [5.74, 6) is -1.81. The van der Waals surface area contributed by atoms with Crippen molar-refractivity contribution in [3.63, 3.8) is 0 Å². The number of aliphatic hydroxyl groups is 3. The number of allylic oxidation sites excluding steroid dienone is 1. The van der Waals surface area contributed by atoms with Crippen molar-refractivity contribution in [1.29, 1.82) is 0 Å². The van der Waals surface area contributed by atoms with E-state index in [1.54, 1.807) is 0 Å². The third-order valence-electron chi connectivity index (χ3n) is 1.03. The monoisotopic (exact) mass is 184 g/mol. The first-order chi connectivity index (χ1) is 5.11. The molecule has 0 fully saturated rings. The maximum atomic E-state index is 10.6. The number of aldehydes is 1. The zero-order valence-electron chi connectivity index (χ0n) is 6.73. The molecule has 0 heterocycles. The molecule has 0 rings (SSSR count). The summed E-state index contributed by atoms with van der Waals surface area (Å²) < 4.78 is 0. The van der Waals surface area contributed by atoms with Crippen LogP contribution in [0.4, 0.5) is 0 Å². The predicted octanol–water partition coefficient (Wildman–Crippen LogP) is -4.94. The molecule has 0 aromatic carbocycles. The van der Waals surface area contributed by atoms with Crippen LogP contribution in [0.25, 0.3) is 0 Å². The number of carbonyl (C=O) groups is 1. The van der Waals surface area contributed by atoms with Gasteiger partial charge in [0.25, 0.3) is 0 Å². The molecule has 0 radical (unpaired) electrons. The van der Waals surface area contributed by atoms with Crippen LogP contribution in [0.5, 0.6) is 0 Å². The second-order valence-electron chi connectivity index (χ2n) is 1.97. The molecule has 64 valence electrons. The minimum atomic E-state index is -1.22. The zero-order chi connectivity index (χ0) is 8.85. The summed E-state index contributed by atoms with van der Waals surface area (Å²) in [6, 6.07) is 0. The second-order valence-corrected chi connectivity index (χ2v) is 1.97. The van der Waals surface area contributed by atoms with Gasteiger partial charge in [0.15, 0.2) is 6.29 Å². The zero-order valence-corrected chi connectivity index (χ0v) is 8.73. The Labute approximate surface area is 91.6 Å². The maximum Gasteiger partial charge on any atom is 1.00 e. The first-order valence-corrected chi connectivity index (χ1v) is 2.95. The Hall–Kier alpha value is -0.0700. The number of carbonyl (C=O) groups excluding carboxylic acids is 1. The molecule has 0 saturated heterocycles. The van der Waals surface area contributed by atoms with E-state index in [1.165, 1.54) is 0 Å². The van der Waals surface area contributed by atoms with Crippen molar-refractivity contribution < 1.29 is 54.8 Å². The molecule has 0 bridgehead atoms. The van der Waals surface area contributed by atoms with Crippen molar-refractivity contribution in [2.45, 2.75) is 12.5 Å². The first kappa shape index (κ1) is 14.5. The minimum Gasteiger partial charge on any atom is -0.873 e. The molecule has 1 atom stereocenters. The molecule has 6 heteroatoms. The van der Waals surface area contributed by atoms with E-state index in [0.717, 1.165) is 0 Å².